The SMILES string of the molecule is Nc1ncc(C(=O)N2C[C@@H]3CNC[C@@H]3[C@H]2c2ccccc2)c(-c2ccccc2)n1. The van der Waals surface area contributed by atoms with Crippen molar-refractivity contribution in [3.8, 4) is 11.3 Å². The van der Waals surface area contributed by atoms with Gasteiger partial charge < -0.3 is 16.0 Å². The predicted molar refractivity (Wildman–Crippen MR) is 112 cm³/mol. The zero-order chi connectivity index (χ0) is 19.8. The van der Waals surface area contributed by atoms with Crippen molar-refractivity contribution in [2.45, 2.75) is 6.04 Å². The molecule has 1 amide bonds. The van der Waals surface area contributed by atoms with E-state index in [1.54, 1.807) is 6.20 Å². The standard InChI is InChI=1S/C23H23N5O/c24-23-26-13-19(20(27-23)15-7-3-1-4-8-15)22(29)28-14-17-11-25-12-18(17)21(28)16-9-5-2-6-10-16/h1-10,13,17-18,21,25H,11-12,14H2,(H2,24,26,27)/t17-,18-,21+/m0/s1. The Morgan fingerprint density at radius 2 is 1.76 bits per heavy atom. The predicted octanol–water partition coefficient (Wildman–Crippen LogP) is 2.76. The quantitative estimate of drug-likeness (QED) is 0.724. The van der Waals surface area contributed by atoms with Gasteiger partial charge in [-0.3, -0.25) is 4.79 Å². The number of nitrogen functional groups attached to an aromatic ring is 1. The van der Waals surface area contributed by atoms with Crippen LogP contribution in [0.15, 0.2) is 66.9 Å². The molecule has 2 aliphatic rings. The number of rotatable bonds is 3. The zero-order valence-corrected chi connectivity index (χ0v) is 16.0. The van der Waals surface area contributed by atoms with Crippen molar-refractivity contribution >= 4 is 11.9 Å². The van der Waals surface area contributed by atoms with E-state index < -0.39 is 0 Å². The van der Waals surface area contributed by atoms with Crippen molar-refractivity contribution in [1.82, 2.24) is 20.2 Å². The molecule has 6 heteroatoms. The van der Waals surface area contributed by atoms with Crippen LogP contribution in [-0.4, -0.2) is 40.4 Å². The molecule has 1 aromatic heterocycles. The Balaban J connectivity index is 1.57. The summed E-state index contributed by atoms with van der Waals surface area (Å²) in [6.45, 7) is 2.61. The van der Waals surface area contributed by atoms with Crippen molar-refractivity contribution in [2.75, 3.05) is 25.4 Å². The smallest absolute Gasteiger partial charge is 0.258 e. The van der Waals surface area contributed by atoms with E-state index in [0.717, 1.165) is 25.2 Å². The molecule has 2 saturated heterocycles. The summed E-state index contributed by atoms with van der Waals surface area (Å²) in [6.07, 6.45) is 1.57. The first kappa shape index (κ1) is 17.8. The number of carbonyl (C=O) groups is 1. The number of nitrogens with zero attached hydrogens (tertiary/aromatic N) is 3. The maximum atomic E-state index is 13.8. The van der Waals surface area contributed by atoms with E-state index in [9.17, 15) is 4.79 Å². The summed E-state index contributed by atoms with van der Waals surface area (Å²) >= 11 is 0. The fourth-order valence-electron chi connectivity index (χ4n) is 4.73. The number of amides is 1. The summed E-state index contributed by atoms with van der Waals surface area (Å²) in [4.78, 5) is 24.3. The molecule has 2 aromatic carbocycles. The molecular weight excluding hydrogens is 362 g/mol. The third-order valence-corrected chi connectivity index (χ3v) is 6.05. The highest BCUT2D eigenvalue weighted by Crippen LogP contribution is 2.43. The number of hydrogen-bond donors (Lipinski definition) is 2. The molecule has 0 spiro atoms. The molecule has 146 valence electrons. The van der Waals surface area contributed by atoms with Crippen LogP contribution < -0.4 is 11.1 Å². The van der Waals surface area contributed by atoms with Crippen LogP contribution in [0, 0.1) is 11.8 Å². The molecule has 3 heterocycles. The van der Waals surface area contributed by atoms with Crippen LogP contribution in [0.1, 0.15) is 22.0 Å². The van der Waals surface area contributed by atoms with Gasteiger partial charge in [0, 0.05) is 37.3 Å². The zero-order valence-electron chi connectivity index (χ0n) is 16.0. The highest BCUT2D eigenvalue weighted by molar-refractivity contribution is 6.00. The highest BCUT2D eigenvalue weighted by Gasteiger charge is 2.47. The van der Waals surface area contributed by atoms with Gasteiger partial charge in [-0.1, -0.05) is 60.7 Å². The second kappa shape index (κ2) is 7.29. The van der Waals surface area contributed by atoms with Gasteiger partial charge in [-0.15, -0.1) is 0 Å². The van der Waals surface area contributed by atoms with Crippen LogP contribution in [0.5, 0.6) is 0 Å². The van der Waals surface area contributed by atoms with Crippen LogP contribution >= 0.6 is 0 Å². The Hall–Kier alpha value is -3.25. The Morgan fingerprint density at radius 3 is 2.52 bits per heavy atom. The normalized spacial score (nSPS) is 23.2. The molecule has 2 aliphatic heterocycles. The second-order valence-electron chi connectivity index (χ2n) is 7.75. The summed E-state index contributed by atoms with van der Waals surface area (Å²) in [6, 6.07) is 20.0. The molecule has 3 atom stereocenters. The highest BCUT2D eigenvalue weighted by atomic mass is 16.2. The lowest BCUT2D eigenvalue weighted by molar-refractivity contribution is 0.0714. The van der Waals surface area contributed by atoms with Crippen LogP contribution in [-0.2, 0) is 0 Å². The summed E-state index contributed by atoms with van der Waals surface area (Å²) in [5, 5.41) is 3.49. The Kier molecular flexibility index (Phi) is 4.48. The fraction of sp³-hybridized carbons (Fsp3) is 0.261. The number of benzene rings is 2. The van der Waals surface area contributed by atoms with E-state index in [2.05, 4.69) is 27.4 Å². The molecule has 0 aliphatic carbocycles. The number of aromatic nitrogens is 2. The minimum atomic E-state index is -0.0351. The number of carbonyl (C=O) groups excluding carboxylic acids is 1. The Labute approximate surface area is 169 Å². The van der Waals surface area contributed by atoms with Crippen molar-refractivity contribution in [2.24, 2.45) is 11.8 Å². The van der Waals surface area contributed by atoms with Gasteiger partial charge in [0.15, 0.2) is 0 Å². The van der Waals surface area contributed by atoms with Gasteiger partial charge in [0.25, 0.3) is 5.91 Å². The molecule has 0 saturated carbocycles. The van der Waals surface area contributed by atoms with Crippen LogP contribution in [0.25, 0.3) is 11.3 Å². The van der Waals surface area contributed by atoms with Gasteiger partial charge in [-0.25, -0.2) is 9.97 Å². The minimum absolute atomic E-state index is 0.0351. The largest absolute Gasteiger partial charge is 0.368 e. The fourth-order valence-corrected chi connectivity index (χ4v) is 4.73. The first-order valence-electron chi connectivity index (χ1n) is 9.97. The number of nitrogens with one attached hydrogen (secondary N) is 1. The van der Waals surface area contributed by atoms with Gasteiger partial charge in [-0.05, 0) is 11.5 Å². The van der Waals surface area contributed by atoms with Crippen molar-refractivity contribution < 1.29 is 4.79 Å². The van der Waals surface area contributed by atoms with E-state index in [-0.39, 0.29) is 17.9 Å². The molecule has 3 N–H and O–H groups in total. The molecule has 29 heavy (non-hydrogen) atoms. The number of fused-ring (bicyclic) bond motifs is 1. The van der Waals surface area contributed by atoms with E-state index in [1.807, 2.05) is 53.4 Å². The van der Waals surface area contributed by atoms with Crippen LogP contribution in [0.2, 0.25) is 0 Å². The summed E-state index contributed by atoms with van der Waals surface area (Å²) in [5.41, 5.74) is 8.98. The third-order valence-electron chi connectivity index (χ3n) is 6.05. The van der Waals surface area contributed by atoms with Crippen molar-refractivity contribution in [3.63, 3.8) is 0 Å². The van der Waals surface area contributed by atoms with E-state index in [4.69, 9.17) is 5.73 Å². The first-order chi connectivity index (χ1) is 14.2. The number of nitrogens with two attached hydrogens (primary N) is 1. The number of hydrogen-bond acceptors (Lipinski definition) is 5. The number of anilines is 1. The lowest BCUT2D eigenvalue weighted by Gasteiger charge is -2.29. The Bertz CT molecular complexity index is 1020. The first-order valence-corrected chi connectivity index (χ1v) is 9.97. The molecule has 2 fully saturated rings. The van der Waals surface area contributed by atoms with Crippen LogP contribution in [0.4, 0.5) is 5.95 Å². The van der Waals surface area contributed by atoms with Crippen LogP contribution in [0.3, 0.4) is 0 Å². The van der Waals surface area contributed by atoms with Gasteiger partial charge in [0.05, 0.1) is 17.3 Å². The van der Waals surface area contributed by atoms with Crippen molar-refractivity contribution in [3.05, 3.63) is 78.0 Å². The molecule has 3 aromatic rings. The maximum Gasteiger partial charge on any atom is 0.258 e. The summed E-state index contributed by atoms with van der Waals surface area (Å²) in [7, 11) is 0. The number of likely N-dealkylation sites (tertiary alicyclic amines) is 1. The van der Waals surface area contributed by atoms with E-state index >= 15 is 0 Å². The topological polar surface area (TPSA) is 84.1 Å². The minimum Gasteiger partial charge on any atom is -0.368 e. The molecule has 0 radical (unpaired) electrons. The monoisotopic (exact) mass is 385 g/mol. The summed E-state index contributed by atoms with van der Waals surface area (Å²) in [5.74, 6) is 1.00. The Morgan fingerprint density at radius 1 is 1.03 bits per heavy atom. The molecule has 0 unspecified atom stereocenters. The lowest BCUT2D eigenvalue weighted by atomic mass is 9.89. The van der Waals surface area contributed by atoms with Gasteiger partial charge in [-0.2, -0.15) is 0 Å². The molecule has 6 nitrogen and oxygen atoms in total. The molecule has 0 bridgehead atoms. The molecule has 5 rings (SSSR count). The summed E-state index contributed by atoms with van der Waals surface area (Å²) < 4.78 is 0. The van der Waals surface area contributed by atoms with Crippen molar-refractivity contribution in [1.29, 1.82) is 0 Å². The third kappa shape index (κ3) is 3.15. The van der Waals surface area contributed by atoms with Gasteiger partial charge >= 0.3 is 0 Å². The second-order valence-corrected chi connectivity index (χ2v) is 7.75. The average molecular weight is 385 g/mol. The van der Waals surface area contributed by atoms with Gasteiger partial charge in [0.2, 0.25) is 5.95 Å². The molecular formula is C23H23N5O. The maximum absolute atomic E-state index is 13.8. The van der Waals surface area contributed by atoms with E-state index in [1.165, 1.54) is 5.56 Å². The van der Waals surface area contributed by atoms with Gasteiger partial charge in [0.1, 0.15) is 0 Å². The average Bonchev–Trinajstić information content (AvgIpc) is 3.36. The lowest BCUT2D eigenvalue weighted by Crippen LogP contribution is -2.35. The van der Waals surface area contributed by atoms with E-state index in [0.29, 0.717) is 23.1 Å².